The maximum atomic E-state index is 11.0. The molecule has 1 aliphatic rings. The molecule has 18 heavy (non-hydrogen) atoms. The van der Waals surface area contributed by atoms with E-state index in [9.17, 15) is 9.59 Å². The summed E-state index contributed by atoms with van der Waals surface area (Å²) in [5.74, 6) is -1.08. The molecule has 0 aromatic carbocycles. The minimum atomic E-state index is -1.08. The number of aromatic nitrogens is 3. The van der Waals surface area contributed by atoms with E-state index in [0.717, 1.165) is 0 Å². The van der Waals surface area contributed by atoms with Crippen molar-refractivity contribution in [2.75, 3.05) is 0 Å². The van der Waals surface area contributed by atoms with Crippen LogP contribution in [-0.4, -0.2) is 32.4 Å². The van der Waals surface area contributed by atoms with Crippen LogP contribution in [0, 0.1) is 0 Å². The van der Waals surface area contributed by atoms with E-state index in [4.69, 9.17) is 5.11 Å². The highest BCUT2D eigenvalue weighted by molar-refractivity contribution is 8.02. The standard InChI is InChI=1S/C10H10N4O3S/c1-14-3-7(12-13-14)9-6(4-15)2-11-8(5-18-9)10(16)17/h2-5,9,11H,1H3,(H,16,17)/t9-/m0/s1. The third-order valence-electron chi connectivity index (χ3n) is 2.27. The van der Waals surface area contributed by atoms with Gasteiger partial charge in [-0.25, -0.2) is 4.79 Å². The lowest BCUT2D eigenvalue weighted by atomic mass is 10.2. The minimum absolute atomic E-state index is 0.0192. The van der Waals surface area contributed by atoms with Crippen LogP contribution in [-0.2, 0) is 16.6 Å². The number of carbonyl (C=O) groups is 2. The summed E-state index contributed by atoms with van der Waals surface area (Å²) in [6.07, 6.45) is 3.75. The highest BCUT2D eigenvalue weighted by Gasteiger charge is 2.23. The predicted molar refractivity (Wildman–Crippen MR) is 64.3 cm³/mol. The Morgan fingerprint density at radius 1 is 1.67 bits per heavy atom. The zero-order valence-corrected chi connectivity index (χ0v) is 10.2. The number of hydrogen-bond acceptors (Lipinski definition) is 6. The first-order valence-electron chi connectivity index (χ1n) is 4.98. The molecule has 2 N–H and O–H groups in total. The van der Waals surface area contributed by atoms with Gasteiger partial charge in [-0.3, -0.25) is 9.48 Å². The van der Waals surface area contributed by atoms with E-state index in [0.29, 0.717) is 17.6 Å². The smallest absolute Gasteiger partial charge is 0.352 e. The maximum absolute atomic E-state index is 11.0. The Hall–Kier alpha value is -2.09. The summed E-state index contributed by atoms with van der Waals surface area (Å²) in [7, 11) is 1.72. The van der Waals surface area contributed by atoms with Gasteiger partial charge in [0.05, 0.1) is 5.25 Å². The molecular formula is C10H10N4O3S. The Kier molecular flexibility index (Phi) is 3.47. The van der Waals surface area contributed by atoms with Crippen molar-refractivity contribution in [2.24, 2.45) is 7.05 Å². The molecule has 0 bridgehead atoms. The summed E-state index contributed by atoms with van der Waals surface area (Å²) in [6.45, 7) is 0. The van der Waals surface area contributed by atoms with Crippen molar-refractivity contribution in [3.05, 3.63) is 34.8 Å². The second-order valence-electron chi connectivity index (χ2n) is 3.58. The lowest BCUT2D eigenvalue weighted by molar-refractivity contribution is -0.133. The van der Waals surface area contributed by atoms with Gasteiger partial charge in [0.1, 0.15) is 17.7 Å². The Balaban J connectivity index is 2.34. The Morgan fingerprint density at radius 3 is 3.00 bits per heavy atom. The molecule has 0 unspecified atom stereocenters. The van der Waals surface area contributed by atoms with Crippen LogP contribution in [0.2, 0.25) is 0 Å². The van der Waals surface area contributed by atoms with E-state index in [1.54, 1.807) is 13.2 Å². The van der Waals surface area contributed by atoms with Crippen LogP contribution in [0.5, 0.6) is 0 Å². The summed E-state index contributed by atoms with van der Waals surface area (Å²) < 4.78 is 1.53. The van der Waals surface area contributed by atoms with Gasteiger partial charge in [-0.05, 0) is 0 Å². The number of rotatable bonds is 3. The SMILES string of the molecule is Cn1cc([C@H]2SC=C(C(=O)O)NC=C2C=O)nn1. The number of carboxylic acids is 1. The van der Waals surface area contributed by atoms with Gasteiger partial charge in [-0.1, -0.05) is 5.21 Å². The second-order valence-corrected chi connectivity index (χ2v) is 4.56. The summed E-state index contributed by atoms with van der Waals surface area (Å²) in [6, 6.07) is 0. The van der Waals surface area contributed by atoms with Gasteiger partial charge in [0.25, 0.3) is 0 Å². The molecule has 1 aliphatic heterocycles. The molecule has 8 heteroatoms. The third-order valence-corrected chi connectivity index (χ3v) is 3.43. The van der Waals surface area contributed by atoms with Crippen LogP contribution in [0.25, 0.3) is 0 Å². The first-order chi connectivity index (χ1) is 8.61. The molecular weight excluding hydrogens is 256 g/mol. The van der Waals surface area contributed by atoms with Gasteiger partial charge in [0, 0.05) is 30.4 Å². The van der Waals surface area contributed by atoms with Crippen LogP contribution >= 0.6 is 11.8 Å². The number of nitrogens with one attached hydrogen (secondary N) is 1. The van der Waals surface area contributed by atoms with Crippen LogP contribution in [0.1, 0.15) is 10.9 Å². The second kappa shape index (κ2) is 5.05. The molecule has 0 saturated heterocycles. The van der Waals surface area contributed by atoms with E-state index in [1.807, 2.05) is 0 Å². The number of hydrogen-bond donors (Lipinski definition) is 2. The lowest BCUT2D eigenvalue weighted by Crippen LogP contribution is -2.14. The van der Waals surface area contributed by atoms with Gasteiger partial charge in [0.15, 0.2) is 0 Å². The first kappa shape index (κ1) is 12.4. The van der Waals surface area contributed by atoms with Crippen LogP contribution in [0.3, 0.4) is 0 Å². The fourth-order valence-corrected chi connectivity index (χ4v) is 2.39. The third kappa shape index (κ3) is 2.43. The molecule has 2 rings (SSSR count). The average Bonchev–Trinajstić information content (AvgIpc) is 2.65. The van der Waals surface area contributed by atoms with E-state index < -0.39 is 5.97 Å². The number of aliphatic carboxylic acids is 1. The predicted octanol–water partition coefficient (Wildman–Crippen LogP) is 0.201. The fraction of sp³-hybridized carbons (Fsp3) is 0.200. The number of carbonyl (C=O) groups excluding carboxylic acids is 1. The summed E-state index contributed by atoms with van der Waals surface area (Å²) in [4.78, 5) is 21.9. The highest BCUT2D eigenvalue weighted by atomic mass is 32.2. The van der Waals surface area contributed by atoms with Crippen molar-refractivity contribution in [3.8, 4) is 0 Å². The van der Waals surface area contributed by atoms with Crippen molar-refractivity contribution in [1.29, 1.82) is 0 Å². The normalized spacial score (nSPS) is 19.3. The van der Waals surface area contributed by atoms with Crippen molar-refractivity contribution in [2.45, 2.75) is 5.25 Å². The van der Waals surface area contributed by atoms with Gasteiger partial charge >= 0.3 is 5.97 Å². The summed E-state index contributed by atoms with van der Waals surface area (Å²) >= 11 is 1.20. The van der Waals surface area contributed by atoms with E-state index in [-0.39, 0.29) is 10.9 Å². The van der Waals surface area contributed by atoms with Crippen molar-refractivity contribution in [1.82, 2.24) is 20.3 Å². The molecule has 94 valence electrons. The number of aldehydes is 1. The van der Waals surface area contributed by atoms with Crippen LogP contribution < -0.4 is 5.32 Å². The van der Waals surface area contributed by atoms with Crippen molar-refractivity contribution < 1.29 is 14.7 Å². The van der Waals surface area contributed by atoms with Gasteiger partial charge in [-0.15, -0.1) is 16.9 Å². The topological polar surface area (TPSA) is 97.1 Å². The molecule has 0 saturated carbocycles. The Labute approximate surface area is 107 Å². The molecule has 1 atom stereocenters. The monoisotopic (exact) mass is 266 g/mol. The van der Waals surface area contributed by atoms with E-state index in [1.165, 1.54) is 28.1 Å². The first-order valence-corrected chi connectivity index (χ1v) is 5.93. The number of carboxylic acid groups (broad SMARTS) is 1. The number of thioether (sulfide) groups is 1. The van der Waals surface area contributed by atoms with E-state index in [2.05, 4.69) is 15.6 Å². The summed E-state index contributed by atoms with van der Waals surface area (Å²) in [5.41, 5.74) is 1.03. The van der Waals surface area contributed by atoms with Gasteiger partial charge < -0.3 is 10.4 Å². The molecule has 7 nitrogen and oxygen atoms in total. The Bertz CT molecular complexity index is 549. The Morgan fingerprint density at radius 2 is 2.44 bits per heavy atom. The molecule has 1 aromatic heterocycles. The fourth-order valence-electron chi connectivity index (χ4n) is 1.42. The van der Waals surface area contributed by atoms with E-state index >= 15 is 0 Å². The van der Waals surface area contributed by atoms with Crippen molar-refractivity contribution in [3.63, 3.8) is 0 Å². The molecule has 0 amide bonds. The average molecular weight is 266 g/mol. The number of aryl methyl sites for hydroxylation is 1. The zero-order chi connectivity index (χ0) is 13.1. The quantitative estimate of drug-likeness (QED) is 0.754. The zero-order valence-electron chi connectivity index (χ0n) is 9.40. The molecule has 0 radical (unpaired) electrons. The van der Waals surface area contributed by atoms with Crippen molar-refractivity contribution >= 4 is 24.0 Å². The maximum Gasteiger partial charge on any atom is 0.352 e. The molecule has 1 aromatic rings. The molecule has 0 fully saturated rings. The number of nitrogens with zero attached hydrogens (tertiary/aromatic N) is 3. The van der Waals surface area contributed by atoms with Gasteiger partial charge in [-0.2, -0.15) is 0 Å². The van der Waals surface area contributed by atoms with Crippen LogP contribution in [0.15, 0.2) is 29.1 Å². The molecule has 2 heterocycles. The molecule has 0 aliphatic carbocycles. The minimum Gasteiger partial charge on any atom is -0.477 e. The largest absolute Gasteiger partial charge is 0.477 e. The summed E-state index contributed by atoms with van der Waals surface area (Å²) in [5, 5.41) is 20.3. The van der Waals surface area contributed by atoms with Gasteiger partial charge in [0.2, 0.25) is 0 Å². The lowest BCUT2D eigenvalue weighted by Gasteiger charge is -2.08. The molecule has 0 spiro atoms. The highest BCUT2D eigenvalue weighted by Crippen LogP contribution is 2.36. The van der Waals surface area contributed by atoms with Crippen LogP contribution in [0.4, 0.5) is 0 Å².